The molecule has 2 fully saturated rings. The van der Waals surface area contributed by atoms with Crippen molar-refractivity contribution in [2.75, 3.05) is 12.3 Å². The number of nitrogens with two attached hydrogens (primary N) is 1. The van der Waals surface area contributed by atoms with E-state index in [2.05, 4.69) is 15.0 Å². The Bertz CT molecular complexity index is 766. The number of hydrogen-bond acceptors (Lipinski definition) is 8. The fourth-order valence-electron chi connectivity index (χ4n) is 3.13. The summed E-state index contributed by atoms with van der Waals surface area (Å²) < 4.78 is 20.0. The van der Waals surface area contributed by atoms with Crippen molar-refractivity contribution in [1.29, 1.82) is 0 Å². The predicted octanol–water partition coefficient (Wildman–Crippen LogP) is 0.423. The molecule has 0 aromatic carbocycles. The lowest BCUT2D eigenvalue weighted by molar-refractivity contribution is -0.199. The van der Waals surface area contributed by atoms with Gasteiger partial charge in [-0.3, -0.25) is 4.57 Å². The molecule has 0 spiro atoms. The summed E-state index contributed by atoms with van der Waals surface area (Å²) >= 11 is 2.00. The number of hydrogen-bond donors (Lipinski definition) is 2. The van der Waals surface area contributed by atoms with E-state index >= 15 is 0 Å². The molecule has 0 radical (unpaired) electrons. The summed E-state index contributed by atoms with van der Waals surface area (Å²) in [6.07, 6.45) is -0.0947. The molecule has 0 bridgehead atoms. The number of aliphatic hydroxyl groups is 1. The molecular formula is C13H16IN5O4. The highest BCUT2D eigenvalue weighted by Gasteiger charge is 2.55. The number of nitrogens with zero attached hydrogens (tertiary/aromatic N) is 4. The highest BCUT2D eigenvalue weighted by atomic mass is 127. The van der Waals surface area contributed by atoms with E-state index in [4.69, 9.17) is 19.9 Å². The van der Waals surface area contributed by atoms with E-state index in [0.717, 1.165) is 0 Å². The second kappa shape index (κ2) is 5.21. The Morgan fingerprint density at radius 3 is 2.83 bits per heavy atom. The van der Waals surface area contributed by atoms with E-state index < -0.39 is 18.1 Å². The second-order valence-electron chi connectivity index (χ2n) is 6.01. The van der Waals surface area contributed by atoms with Crippen molar-refractivity contribution in [3.63, 3.8) is 0 Å². The number of ether oxygens (including phenoxy) is 3. The van der Waals surface area contributed by atoms with Gasteiger partial charge in [0.2, 0.25) is 0 Å². The molecule has 4 atom stereocenters. The van der Waals surface area contributed by atoms with Gasteiger partial charge in [0.25, 0.3) is 0 Å². The summed E-state index contributed by atoms with van der Waals surface area (Å²) in [6, 6.07) is 0. The summed E-state index contributed by atoms with van der Waals surface area (Å²) in [6.45, 7) is 3.52. The zero-order valence-electron chi connectivity index (χ0n) is 12.5. The molecule has 0 saturated carbocycles. The molecule has 4 heterocycles. The zero-order valence-corrected chi connectivity index (χ0v) is 14.7. The highest BCUT2D eigenvalue weighted by Crippen LogP contribution is 2.43. The predicted molar refractivity (Wildman–Crippen MR) is 87.3 cm³/mol. The minimum Gasteiger partial charge on any atom is -0.394 e. The number of imidazole rings is 1. The lowest BCUT2D eigenvalue weighted by Gasteiger charge is -2.24. The lowest BCUT2D eigenvalue weighted by atomic mass is 10.1. The van der Waals surface area contributed by atoms with Crippen LogP contribution in [0.5, 0.6) is 0 Å². The monoisotopic (exact) mass is 433 g/mol. The maximum absolute atomic E-state index is 9.57. The van der Waals surface area contributed by atoms with Crippen molar-refractivity contribution in [2.24, 2.45) is 0 Å². The summed E-state index contributed by atoms with van der Waals surface area (Å²) in [5.41, 5.74) is 6.98. The van der Waals surface area contributed by atoms with Crippen molar-refractivity contribution >= 4 is 39.6 Å². The van der Waals surface area contributed by atoms with Crippen LogP contribution in [0.4, 0.5) is 5.82 Å². The van der Waals surface area contributed by atoms with Crippen molar-refractivity contribution < 1.29 is 19.3 Å². The number of nitrogen functional groups attached to an aromatic ring is 1. The normalized spacial score (nSPS) is 32.5. The number of fused-ring (bicyclic) bond motifs is 2. The Hall–Kier alpha value is -1.08. The topological polar surface area (TPSA) is 118 Å². The third-order valence-electron chi connectivity index (χ3n) is 4.00. The van der Waals surface area contributed by atoms with Gasteiger partial charge in [0.15, 0.2) is 27.3 Å². The zero-order chi connectivity index (χ0) is 16.4. The molecule has 2 aromatic heterocycles. The first kappa shape index (κ1) is 15.4. The van der Waals surface area contributed by atoms with Gasteiger partial charge in [-0.05, 0) is 13.8 Å². The quantitative estimate of drug-likeness (QED) is 0.517. The number of aromatic nitrogens is 4. The standard InChI is InChI=1S/C13H16IN5O4/c1-13(2)22-7-5(3-20)21-11(8(7)23-13)19-4-16-6-9(15)17-12(14)18-10(6)19/h4-5,7-8,11,20H,3H2,1-2H3,(H2,15,17,18)/t5-,7?,8?,11?/m1/s1. The molecule has 0 amide bonds. The first-order valence-corrected chi connectivity index (χ1v) is 8.25. The lowest BCUT2D eigenvalue weighted by Crippen LogP contribution is -2.31. The first-order chi connectivity index (χ1) is 10.9. The maximum Gasteiger partial charge on any atom is 0.194 e. The fourth-order valence-corrected chi connectivity index (χ4v) is 3.62. The number of anilines is 1. The van der Waals surface area contributed by atoms with Crippen LogP contribution in [-0.4, -0.2) is 55.3 Å². The molecule has 3 N–H and O–H groups in total. The van der Waals surface area contributed by atoms with E-state index in [1.54, 1.807) is 10.9 Å². The molecule has 0 aliphatic carbocycles. The van der Waals surface area contributed by atoms with Crippen molar-refractivity contribution in [3.05, 3.63) is 10.2 Å². The average molecular weight is 433 g/mol. The highest BCUT2D eigenvalue weighted by molar-refractivity contribution is 14.1. The Balaban J connectivity index is 1.79. The molecule has 4 rings (SSSR count). The van der Waals surface area contributed by atoms with Gasteiger partial charge in [0.1, 0.15) is 23.8 Å². The van der Waals surface area contributed by atoms with Crippen LogP contribution in [-0.2, 0) is 14.2 Å². The van der Waals surface area contributed by atoms with E-state index in [-0.39, 0.29) is 18.8 Å². The van der Waals surface area contributed by atoms with Crippen LogP contribution in [0.1, 0.15) is 20.1 Å². The van der Waals surface area contributed by atoms with Crippen LogP contribution in [0.3, 0.4) is 0 Å². The molecule has 2 aliphatic rings. The van der Waals surface area contributed by atoms with Gasteiger partial charge >= 0.3 is 0 Å². The van der Waals surface area contributed by atoms with Gasteiger partial charge < -0.3 is 25.1 Å². The summed E-state index contributed by atoms with van der Waals surface area (Å²) in [7, 11) is 0. The minimum absolute atomic E-state index is 0.154. The summed E-state index contributed by atoms with van der Waals surface area (Å²) in [4.78, 5) is 12.8. The Morgan fingerprint density at radius 1 is 1.35 bits per heavy atom. The van der Waals surface area contributed by atoms with Gasteiger partial charge in [0.05, 0.1) is 12.9 Å². The van der Waals surface area contributed by atoms with Crippen molar-refractivity contribution in [2.45, 2.75) is 44.2 Å². The average Bonchev–Trinajstić information content (AvgIpc) is 3.09. The maximum atomic E-state index is 9.57. The smallest absolute Gasteiger partial charge is 0.194 e. The largest absolute Gasteiger partial charge is 0.394 e. The van der Waals surface area contributed by atoms with Crippen LogP contribution in [0.2, 0.25) is 0 Å². The van der Waals surface area contributed by atoms with Crippen LogP contribution in [0.15, 0.2) is 6.33 Å². The molecule has 2 saturated heterocycles. The van der Waals surface area contributed by atoms with Crippen LogP contribution >= 0.6 is 22.6 Å². The third kappa shape index (κ3) is 2.39. The van der Waals surface area contributed by atoms with Crippen molar-refractivity contribution in [1.82, 2.24) is 19.5 Å². The van der Waals surface area contributed by atoms with E-state index in [1.807, 2.05) is 36.4 Å². The van der Waals surface area contributed by atoms with Crippen molar-refractivity contribution in [3.8, 4) is 0 Å². The first-order valence-electron chi connectivity index (χ1n) is 7.17. The molecule has 10 heteroatoms. The third-order valence-corrected chi connectivity index (χ3v) is 4.48. The van der Waals surface area contributed by atoms with E-state index in [9.17, 15) is 5.11 Å². The molecule has 9 nitrogen and oxygen atoms in total. The van der Waals surface area contributed by atoms with Gasteiger partial charge in [-0.25, -0.2) is 15.0 Å². The molecular weight excluding hydrogens is 417 g/mol. The van der Waals surface area contributed by atoms with Gasteiger partial charge in [-0.1, -0.05) is 0 Å². The second-order valence-corrected chi connectivity index (χ2v) is 6.98. The molecule has 2 aliphatic heterocycles. The summed E-state index contributed by atoms with van der Waals surface area (Å²) in [5, 5.41) is 9.57. The van der Waals surface area contributed by atoms with Gasteiger partial charge in [-0.2, -0.15) is 0 Å². The van der Waals surface area contributed by atoms with Crippen LogP contribution in [0.25, 0.3) is 11.2 Å². The molecule has 3 unspecified atom stereocenters. The Morgan fingerprint density at radius 2 is 2.09 bits per heavy atom. The summed E-state index contributed by atoms with van der Waals surface area (Å²) in [5.74, 6) is -0.417. The van der Waals surface area contributed by atoms with Crippen LogP contribution in [0, 0.1) is 3.83 Å². The van der Waals surface area contributed by atoms with E-state index in [1.165, 1.54) is 0 Å². The fraction of sp³-hybridized carbons (Fsp3) is 0.615. The molecule has 23 heavy (non-hydrogen) atoms. The SMILES string of the molecule is CC1(C)OC2C(O1)[C@@H](CO)OC2n1cnc2c(N)nc(I)nc21. The van der Waals surface area contributed by atoms with Crippen LogP contribution < -0.4 is 5.73 Å². The minimum atomic E-state index is -0.733. The molecule has 2 aromatic rings. The van der Waals surface area contributed by atoms with E-state index in [0.29, 0.717) is 20.8 Å². The molecule has 124 valence electrons. The number of rotatable bonds is 2. The van der Waals surface area contributed by atoms with Gasteiger partial charge in [-0.15, -0.1) is 0 Å². The van der Waals surface area contributed by atoms with Gasteiger partial charge in [0, 0.05) is 22.6 Å². The number of halogens is 1. The Kier molecular flexibility index (Phi) is 3.50. The number of aliphatic hydroxyl groups excluding tert-OH is 1. The Labute approximate surface area is 145 Å².